The van der Waals surface area contributed by atoms with Crippen molar-refractivity contribution in [3.63, 3.8) is 0 Å². The first-order chi connectivity index (χ1) is 8.24. The van der Waals surface area contributed by atoms with Crippen molar-refractivity contribution in [2.45, 2.75) is 0 Å². The molecule has 0 bridgehead atoms. The summed E-state index contributed by atoms with van der Waals surface area (Å²) < 4.78 is 0.976. The van der Waals surface area contributed by atoms with Crippen molar-refractivity contribution >= 4 is 50.5 Å². The van der Waals surface area contributed by atoms with Crippen LogP contribution in [0.4, 0.5) is 5.69 Å². The van der Waals surface area contributed by atoms with Crippen LogP contribution in [-0.2, 0) is 4.79 Å². The highest BCUT2D eigenvalue weighted by Gasteiger charge is 2.23. The molecular formula is C13H8BrNOS. The molecular weight excluding hydrogens is 298 g/mol. The van der Waals surface area contributed by atoms with Crippen molar-refractivity contribution in [1.29, 1.82) is 0 Å². The minimum absolute atomic E-state index is 0.0377. The van der Waals surface area contributed by atoms with Crippen LogP contribution in [0.25, 0.3) is 11.6 Å². The summed E-state index contributed by atoms with van der Waals surface area (Å²) in [5.74, 6) is -0.0377. The zero-order valence-corrected chi connectivity index (χ0v) is 11.1. The molecule has 0 unspecified atom stereocenters. The highest BCUT2D eigenvalue weighted by atomic mass is 79.9. The molecule has 0 fully saturated rings. The number of carbonyl (C=O) groups is 1. The van der Waals surface area contributed by atoms with Gasteiger partial charge in [-0.05, 0) is 46.7 Å². The van der Waals surface area contributed by atoms with Crippen molar-refractivity contribution in [2.75, 3.05) is 5.32 Å². The summed E-state index contributed by atoms with van der Waals surface area (Å²) >= 11 is 5.05. The second-order valence-electron chi connectivity index (χ2n) is 3.76. The number of carbonyl (C=O) groups excluding carboxylic acids is 1. The van der Waals surface area contributed by atoms with Crippen LogP contribution in [0.15, 0.2) is 39.5 Å². The van der Waals surface area contributed by atoms with Crippen LogP contribution in [0.3, 0.4) is 0 Å². The molecule has 0 atom stereocenters. The van der Waals surface area contributed by atoms with E-state index in [1.165, 1.54) is 0 Å². The first-order valence-electron chi connectivity index (χ1n) is 5.09. The molecule has 0 aliphatic carbocycles. The van der Waals surface area contributed by atoms with Crippen LogP contribution in [0.5, 0.6) is 0 Å². The SMILES string of the molecule is O=C1Nc2ccc(Br)cc2C1=Cc1ccsc1. The monoisotopic (exact) mass is 305 g/mol. The van der Waals surface area contributed by atoms with E-state index in [2.05, 4.69) is 21.2 Å². The van der Waals surface area contributed by atoms with Crippen LogP contribution < -0.4 is 5.32 Å². The molecule has 0 saturated heterocycles. The lowest BCUT2D eigenvalue weighted by molar-refractivity contribution is -0.110. The maximum absolute atomic E-state index is 11.9. The van der Waals surface area contributed by atoms with Gasteiger partial charge >= 0.3 is 0 Å². The summed E-state index contributed by atoms with van der Waals surface area (Å²) in [6.45, 7) is 0. The second kappa shape index (κ2) is 4.13. The molecule has 4 heteroatoms. The first-order valence-corrected chi connectivity index (χ1v) is 6.83. The van der Waals surface area contributed by atoms with Gasteiger partial charge < -0.3 is 5.32 Å². The molecule has 0 spiro atoms. The molecule has 1 aliphatic heterocycles. The van der Waals surface area contributed by atoms with E-state index in [9.17, 15) is 4.79 Å². The molecule has 1 aromatic heterocycles. The van der Waals surface area contributed by atoms with Crippen molar-refractivity contribution < 1.29 is 4.79 Å². The number of rotatable bonds is 1. The van der Waals surface area contributed by atoms with E-state index in [-0.39, 0.29) is 5.91 Å². The molecule has 2 nitrogen and oxygen atoms in total. The van der Waals surface area contributed by atoms with Crippen molar-refractivity contribution in [3.05, 3.63) is 50.6 Å². The third kappa shape index (κ3) is 1.94. The number of hydrogen-bond acceptors (Lipinski definition) is 2. The Bertz CT molecular complexity index is 616. The predicted octanol–water partition coefficient (Wildman–Crippen LogP) is 4.00. The fourth-order valence-electron chi connectivity index (χ4n) is 1.83. The minimum Gasteiger partial charge on any atom is -0.321 e. The molecule has 0 saturated carbocycles. The van der Waals surface area contributed by atoms with E-state index in [1.54, 1.807) is 11.3 Å². The topological polar surface area (TPSA) is 29.1 Å². The van der Waals surface area contributed by atoms with Gasteiger partial charge in [-0.25, -0.2) is 0 Å². The number of hydrogen-bond donors (Lipinski definition) is 1. The molecule has 1 amide bonds. The van der Waals surface area contributed by atoms with Gasteiger partial charge in [0.15, 0.2) is 0 Å². The van der Waals surface area contributed by atoms with Crippen LogP contribution >= 0.6 is 27.3 Å². The van der Waals surface area contributed by atoms with Gasteiger partial charge in [0.25, 0.3) is 5.91 Å². The Balaban J connectivity index is 2.13. The highest BCUT2D eigenvalue weighted by Crippen LogP contribution is 2.35. The average Bonchev–Trinajstić information content (AvgIpc) is 2.90. The maximum Gasteiger partial charge on any atom is 0.256 e. The fourth-order valence-corrected chi connectivity index (χ4v) is 2.81. The lowest BCUT2D eigenvalue weighted by Gasteiger charge is -1.98. The van der Waals surface area contributed by atoms with Gasteiger partial charge in [0.2, 0.25) is 0 Å². The summed E-state index contributed by atoms with van der Waals surface area (Å²) in [7, 11) is 0. The third-order valence-electron chi connectivity index (χ3n) is 2.62. The zero-order chi connectivity index (χ0) is 11.8. The lowest BCUT2D eigenvalue weighted by atomic mass is 10.1. The van der Waals surface area contributed by atoms with E-state index in [1.807, 2.05) is 41.1 Å². The Labute approximate surface area is 111 Å². The summed E-state index contributed by atoms with van der Waals surface area (Å²) in [4.78, 5) is 11.9. The third-order valence-corrected chi connectivity index (χ3v) is 3.81. The summed E-state index contributed by atoms with van der Waals surface area (Å²) in [6, 6.07) is 7.80. The first kappa shape index (κ1) is 10.7. The van der Waals surface area contributed by atoms with Gasteiger partial charge in [0.05, 0.1) is 0 Å². The molecule has 84 valence electrons. The lowest BCUT2D eigenvalue weighted by Crippen LogP contribution is -2.03. The molecule has 3 rings (SSSR count). The zero-order valence-electron chi connectivity index (χ0n) is 8.74. The standard InChI is InChI=1S/C13H8BrNOS/c14-9-1-2-12-10(6-9)11(13(16)15-12)5-8-3-4-17-7-8/h1-7H,(H,15,16). The Morgan fingerprint density at radius 1 is 1.29 bits per heavy atom. The van der Waals surface area contributed by atoms with E-state index in [0.29, 0.717) is 0 Å². The Kier molecular flexibility index (Phi) is 2.61. The van der Waals surface area contributed by atoms with Crippen LogP contribution in [0.2, 0.25) is 0 Å². The number of halogens is 1. The van der Waals surface area contributed by atoms with Gasteiger partial charge in [-0.3, -0.25) is 4.79 Å². The van der Waals surface area contributed by atoms with E-state index < -0.39 is 0 Å². The predicted molar refractivity (Wildman–Crippen MR) is 75.0 cm³/mol. The quantitative estimate of drug-likeness (QED) is 0.793. The summed E-state index contributed by atoms with van der Waals surface area (Å²) in [5.41, 5.74) is 3.61. The molecule has 17 heavy (non-hydrogen) atoms. The Morgan fingerprint density at radius 3 is 2.94 bits per heavy atom. The van der Waals surface area contributed by atoms with Crippen molar-refractivity contribution in [1.82, 2.24) is 0 Å². The number of fused-ring (bicyclic) bond motifs is 1. The number of amides is 1. The Hall–Kier alpha value is -1.39. The number of nitrogens with one attached hydrogen (secondary N) is 1. The van der Waals surface area contributed by atoms with Gasteiger partial charge in [-0.2, -0.15) is 11.3 Å². The molecule has 1 aromatic carbocycles. The Morgan fingerprint density at radius 2 is 2.18 bits per heavy atom. The van der Waals surface area contributed by atoms with Gasteiger partial charge in [0.1, 0.15) is 0 Å². The maximum atomic E-state index is 11.9. The number of anilines is 1. The van der Waals surface area contributed by atoms with Gasteiger partial charge in [-0.1, -0.05) is 15.9 Å². The van der Waals surface area contributed by atoms with E-state index in [0.717, 1.165) is 26.9 Å². The normalized spacial score (nSPS) is 16.1. The largest absolute Gasteiger partial charge is 0.321 e. The van der Waals surface area contributed by atoms with Gasteiger partial charge in [-0.15, -0.1) is 0 Å². The van der Waals surface area contributed by atoms with E-state index >= 15 is 0 Å². The molecule has 0 radical (unpaired) electrons. The number of thiophene rings is 1. The van der Waals surface area contributed by atoms with Crippen molar-refractivity contribution in [3.8, 4) is 0 Å². The molecule has 1 N–H and O–H groups in total. The van der Waals surface area contributed by atoms with Crippen LogP contribution in [0.1, 0.15) is 11.1 Å². The minimum atomic E-state index is -0.0377. The highest BCUT2D eigenvalue weighted by molar-refractivity contribution is 9.10. The van der Waals surface area contributed by atoms with E-state index in [4.69, 9.17) is 0 Å². The fraction of sp³-hybridized carbons (Fsp3) is 0. The smallest absolute Gasteiger partial charge is 0.256 e. The summed E-state index contributed by atoms with van der Waals surface area (Å²) in [6.07, 6.45) is 1.92. The summed E-state index contributed by atoms with van der Waals surface area (Å²) in [5, 5.41) is 6.89. The molecule has 1 aliphatic rings. The average molecular weight is 306 g/mol. The van der Waals surface area contributed by atoms with Crippen LogP contribution in [-0.4, -0.2) is 5.91 Å². The van der Waals surface area contributed by atoms with Crippen LogP contribution in [0, 0.1) is 0 Å². The molecule has 2 aromatic rings. The van der Waals surface area contributed by atoms with Gasteiger partial charge in [0, 0.05) is 21.3 Å². The van der Waals surface area contributed by atoms with Crippen molar-refractivity contribution in [2.24, 2.45) is 0 Å². The molecule has 2 heterocycles. The second-order valence-corrected chi connectivity index (χ2v) is 5.45. The number of benzene rings is 1.